The molecule has 2 heterocycles. The maximum atomic E-state index is 12.8. The molecule has 164 valence electrons. The smallest absolute Gasteiger partial charge is 0.497 e. The summed E-state index contributed by atoms with van der Waals surface area (Å²) in [5.41, 5.74) is -3.82. The number of fused-ring (bicyclic) bond motifs is 1. The van der Waals surface area contributed by atoms with E-state index < -0.39 is 15.5 Å². The highest BCUT2D eigenvalue weighted by atomic mass is 32.2. The number of nitrogens with one attached hydrogen (secondary N) is 1. The molecule has 11 heteroatoms. The van der Waals surface area contributed by atoms with Gasteiger partial charge in [-0.25, -0.2) is 13.1 Å². The predicted molar refractivity (Wildman–Crippen MR) is 108 cm³/mol. The average molecular weight is 463 g/mol. The molecule has 1 N–H and O–H groups in total. The van der Waals surface area contributed by atoms with Crippen molar-refractivity contribution in [3.8, 4) is 5.75 Å². The number of hydrogen-bond donors (Lipinski definition) is 1. The van der Waals surface area contributed by atoms with Crippen LogP contribution in [0.15, 0.2) is 47.0 Å². The minimum atomic E-state index is -5.33. The molecule has 0 amide bonds. The number of benzene rings is 1. The van der Waals surface area contributed by atoms with Crippen molar-refractivity contribution >= 4 is 27.6 Å². The summed E-state index contributed by atoms with van der Waals surface area (Å²) in [6.45, 7) is 1.94. The number of ketones is 1. The Labute approximate surface area is 177 Å². The van der Waals surface area contributed by atoms with Gasteiger partial charge >= 0.3 is 15.5 Å². The van der Waals surface area contributed by atoms with Crippen LogP contribution < -0.4 is 9.46 Å². The third-order valence-electron chi connectivity index (χ3n) is 4.86. The number of rotatable bonds is 8. The van der Waals surface area contributed by atoms with E-state index in [1.54, 1.807) is 36.1 Å². The summed E-state index contributed by atoms with van der Waals surface area (Å²) >= 11 is 1.41. The summed E-state index contributed by atoms with van der Waals surface area (Å²) in [6.07, 6.45) is 4.11. The lowest BCUT2D eigenvalue weighted by Crippen LogP contribution is -2.38. The largest absolute Gasteiger partial charge is 0.511 e. The van der Waals surface area contributed by atoms with Crippen LogP contribution in [0.5, 0.6) is 5.75 Å². The molecule has 0 radical (unpaired) electrons. The summed E-state index contributed by atoms with van der Waals surface area (Å²) < 4.78 is 66.0. The third-order valence-corrected chi connectivity index (χ3v) is 7.44. The first-order valence-corrected chi connectivity index (χ1v) is 11.5. The molecule has 1 aromatic carbocycles. The summed E-state index contributed by atoms with van der Waals surface area (Å²) in [6, 6.07) is 6.82. The number of methoxy groups -OCH3 is 1. The van der Waals surface area contributed by atoms with Gasteiger partial charge < -0.3 is 9.64 Å². The van der Waals surface area contributed by atoms with E-state index in [1.165, 1.54) is 11.8 Å². The summed E-state index contributed by atoms with van der Waals surface area (Å²) in [5.74, 6) is 0.572. The van der Waals surface area contributed by atoms with E-state index in [0.29, 0.717) is 22.8 Å². The number of ether oxygens (including phenoxy) is 1. The number of allylic oxidation sites excluding steroid dienone is 2. The number of thioether (sulfide) groups is 1. The first kappa shape index (κ1) is 22.7. The minimum absolute atomic E-state index is 0.0130. The molecule has 30 heavy (non-hydrogen) atoms. The van der Waals surface area contributed by atoms with Crippen molar-refractivity contribution in [3.05, 3.63) is 52.6 Å². The van der Waals surface area contributed by atoms with Gasteiger partial charge in [0.15, 0.2) is 5.78 Å². The normalized spacial score (nSPS) is 21.3. The number of Topliss-reactive ketones (excluding diaryl/α,β-unsaturated/α-hetero) is 1. The van der Waals surface area contributed by atoms with Crippen LogP contribution in [0.3, 0.4) is 0 Å². The second-order valence-electron chi connectivity index (χ2n) is 6.87. The fourth-order valence-electron chi connectivity index (χ4n) is 3.34. The van der Waals surface area contributed by atoms with Gasteiger partial charge in [0.2, 0.25) is 0 Å². The van der Waals surface area contributed by atoms with Crippen molar-refractivity contribution < 1.29 is 31.1 Å². The molecule has 1 aromatic rings. The summed E-state index contributed by atoms with van der Waals surface area (Å²) in [4.78, 5) is 15.4. The Bertz CT molecular complexity index is 972. The van der Waals surface area contributed by atoms with Crippen molar-refractivity contribution in [2.24, 2.45) is 5.92 Å². The Balaban J connectivity index is 1.58. The molecule has 0 saturated carbocycles. The van der Waals surface area contributed by atoms with Crippen molar-refractivity contribution in [3.63, 3.8) is 0 Å². The zero-order valence-corrected chi connectivity index (χ0v) is 17.9. The van der Waals surface area contributed by atoms with Gasteiger partial charge in [-0.3, -0.25) is 4.79 Å². The lowest BCUT2D eigenvalue weighted by molar-refractivity contribution is -0.0447. The Hall–Kier alpha value is -1.98. The highest BCUT2D eigenvalue weighted by Gasteiger charge is 2.45. The summed E-state index contributed by atoms with van der Waals surface area (Å²) in [5, 5.41) is -0.0681. The van der Waals surface area contributed by atoms with E-state index in [-0.39, 0.29) is 30.0 Å². The fourth-order valence-corrected chi connectivity index (χ4v) is 5.35. The van der Waals surface area contributed by atoms with E-state index in [1.807, 2.05) is 24.0 Å². The molecule has 2 aliphatic rings. The van der Waals surface area contributed by atoms with E-state index in [4.69, 9.17) is 4.74 Å². The van der Waals surface area contributed by atoms with Gasteiger partial charge in [0.05, 0.1) is 17.4 Å². The van der Waals surface area contributed by atoms with Crippen molar-refractivity contribution in [1.29, 1.82) is 0 Å². The first-order chi connectivity index (χ1) is 14.0. The van der Waals surface area contributed by atoms with Crippen LogP contribution in [0, 0.1) is 5.92 Å². The average Bonchev–Trinajstić information content (AvgIpc) is 3.21. The molecule has 3 rings (SSSR count). The topological polar surface area (TPSA) is 75.7 Å². The Morgan fingerprint density at radius 1 is 1.23 bits per heavy atom. The van der Waals surface area contributed by atoms with Crippen LogP contribution in [-0.2, 0) is 10.0 Å². The molecule has 2 unspecified atom stereocenters. The van der Waals surface area contributed by atoms with Gasteiger partial charge in [-0.15, -0.1) is 0 Å². The van der Waals surface area contributed by atoms with Gasteiger partial charge in [0.25, 0.3) is 0 Å². The highest BCUT2D eigenvalue weighted by molar-refractivity contribution is 8.04. The SMILES string of the molecule is COc1ccc(C(=O)C2=CC3C=C(C)N(CCCNS(=O)(=O)C(F)(F)F)C3S2)cc1. The maximum absolute atomic E-state index is 12.8. The monoisotopic (exact) mass is 462 g/mol. The fraction of sp³-hybridized carbons (Fsp3) is 0.421. The molecule has 0 fully saturated rings. The Morgan fingerprint density at radius 2 is 1.90 bits per heavy atom. The van der Waals surface area contributed by atoms with E-state index in [0.717, 1.165) is 5.70 Å². The van der Waals surface area contributed by atoms with Crippen LogP contribution in [0.4, 0.5) is 13.2 Å². The van der Waals surface area contributed by atoms with E-state index >= 15 is 0 Å². The van der Waals surface area contributed by atoms with Crippen LogP contribution >= 0.6 is 11.8 Å². The van der Waals surface area contributed by atoms with Gasteiger partial charge in [-0.05, 0) is 37.6 Å². The molecule has 0 aromatic heterocycles. The molecule has 0 aliphatic carbocycles. The van der Waals surface area contributed by atoms with Crippen molar-refractivity contribution in [2.75, 3.05) is 20.2 Å². The molecular formula is C19H21F3N2O4S2. The quantitative estimate of drug-likeness (QED) is 0.471. The van der Waals surface area contributed by atoms with Gasteiger partial charge in [-0.1, -0.05) is 23.9 Å². The number of nitrogens with zero attached hydrogens (tertiary/aromatic N) is 1. The molecule has 0 spiro atoms. The van der Waals surface area contributed by atoms with Gasteiger partial charge in [0.1, 0.15) is 5.75 Å². The van der Waals surface area contributed by atoms with Crippen molar-refractivity contribution in [2.45, 2.75) is 24.2 Å². The summed E-state index contributed by atoms with van der Waals surface area (Å²) in [7, 11) is -3.79. The Morgan fingerprint density at radius 3 is 2.50 bits per heavy atom. The number of halogens is 3. The van der Waals surface area contributed by atoms with Crippen molar-refractivity contribution in [1.82, 2.24) is 9.62 Å². The van der Waals surface area contributed by atoms with Gasteiger partial charge in [0, 0.05) is 30.3 Å². The van der Waals surface area contributed by atoms with Crippen LogP contribution in [0.2, 0.25) is 0 Å². The second-order valence-corrected chi connectivity index (χ2v) is 9.79. The number of carbonyl (C=O) groups excluding carboxylic acids is 1. The number of sulfonamides is 1. The first-order valence-electron chi connectivity index (χ1n) is 9.12. The van der Waals surface area contributed by atoms with Crippen LogP contribution in [0.1, 0.15) is 23.7 Å². The lowest BCUT2D eigenvalue weighted by atomic mass is 10.1. The molecule has 0 saturated heterocycles. The molecule has 6 nitrogen and oxygen atoms in total. The number of hydrogen-bond acceptors (Lipinski definition) is 6. The van der Waals surface area contributed by atoms with Crippen LogP contribution in [-0.4, -0.2) is 50.2 Å². The standard InChI is InChI=1S/C19H21F3N2O4S2/c1-12-10-14-11-16(17(25)13-4-6-15(28-2)7-5-13)29-18(14)24(12)9-3-8-23-30(26,27)19(20,21)22/h4-7,10-11,14,18,23H,3,8-9H2,1-2H3. The lowest BCUT2D eigenvalue weighted by Gasteiger charge is -2.28. The second kappa shape index (κ2) is 8.64. The zero-order valence-electron chi connectivity index (χ0n) is 16.3. The highest BCUT2D eigenvalue weighted by Crippen LogP contribution is 2.46. The number of carbonyl (C=O) groups is 1. The minimum Gasteiger partial charge on any atom is -0.497 e. The molecular weight excluding hydrogens is 441 g/mol. The van der Waals surface area contributed by atoms with Crippen LogP contribution in [0.25, 0.3) is 0 Å². The Kier molecular flexibility index (Phi) is 6.54. The maximum Gasteiger partial charge on any atom is 0.511 e. The predicted octanol–water partition coefficient (Wildman–Crippen LogP) is 3.50. The van der Waals surface area contributed by atoms with E-state index in [2.05, 4.69) is 0 Å². The van der Waals surface area contributed by atoms with E-state index in [9.17, 15) is 26.4 Å². The molecule has 2 atom stereocenters. The van der Waals surface area contributed by atoms with Gasteiger partial charge in [-0.2, -0.15) is 13.2 Å². The zero-order chi connectivity index (χ0) is 22.1. The molecule has 0 bridgehead atoms. The third kappa shape index (κ3) is 4.68. The number of alkyl halides is 3. The molecule has 2 aliphatic heterocycles.